The van der Waals surface area contributed by atoms with Crippen molar-refractivity contribution in [2.24, 2.45) is 0 Å². The smallest absolute Gasteiger partial charge is 0.239 e. The molecule has 0 aliphatic heterocycles. The van der Waals surface area contributed by atoms with Gasteiger partial charge in [-0.05, 0) is 13.8 Å². The zero-order chi connectivity index (χ0) is 14.0. The molecule has 0 aliphatic rings. The quantitative estimate of drug-likeness (QED) is 0.803. The molecule has 0 fully saturated rings. The van der Waals surface area contributed by atoms with Gasteiger partial charge in [0.15, 0.2) is 11.0 Å². The molecule has 6 heteroatoms. The number of thioether (sulfide) groups is 1. The van der Waals surface area contributed by atoms with Gasteiger partial charge in [0.1, 0.15) is 0 Å². The van der Waals surface area contributed by atoms with E-state index in [1.165, 1.54) is 0 Å². The van der Waals surface area contributed by atoms with E-state index in [0.717, 1.165) is 17.5 Å². The highest BCUT2D eigenvalue weighted by Crippen LogP contribution is 2.33. The normalized spacial score (nSPS) is 13.7. The van der Waals surface area contributed by atoms with Crippen molar-refractivity contribution in [3.63, 3.8) is 0 Å². The summed E-state index contributed by atoms with van der Waals surface area (Å²) < 4.78 is 7.46. The van der Waals surface area contributed by atoms with Gasteiger partial charge in [-0.3, -0.25) is 0 Å². The first kappa shape index (κ1) is 14.1. The van der Waals surface area contributed by atoms with Gasteiger partial charge >= 0.3 is 0 Å². The van der Waals surface area contributed by atoms with E-state index in [0.29, 0.717) is 5.89 Å². The highest BCUT2D eigenvalue weighted by Gasteiger charge is 2.24. The number of aryl methyl sites for hydroxylation is 1. The second-order valence-electron chi connectivity index (χ2n) is 5.46. The van der Waals surface area contributed by atoms with E-state index in [9.17, 15) is 0 Å². The fourth-order valence-electron chi connectivity index (χ4n) is 1.57. The highest BCUT2D eigenvalue weighted by atomic mass is 32.2. The summed E-state index contributed by atoms with van der Waals surface area (Å²) >= 11 is 1.63. The van der Waals surface area contributed by atoms with E-state index >= 15 is 0 Å². The SMILES string of the molecule is CCn1ccnc1SC(C)c1nc(C(C)(C)C)no1. The van der Waals surface area contributed by atoms with Crippen molar-refractivity contribution in [3.05, 3.63) is 24.1 Å². The molecule has 1 atom stereocenters. The standard InChI is InChI=1S/C13H20N4OS/c1-6-17-8-7-14-12(17)19-9(2)10-15-11(16-18-10)13(3,4)5/h7-9H,6H2,1-5H3. The Hall–Kier alpha value is -1.30. The number of hydrogen-bond donors (Lipinski definition) is 0. The lowest BCUT2D eigenvalue weighted by molar-refractivity contribution is 0.364. The first-order valence-electron chi connectivity index (χ1n) is 6.43. The number of rotatable bonds is 4. The van der Waals surface area contributed by atoms with Crippen LogP contribution < -0.4 is 0 Å². The summed E-state index contributed by atoms with van der Waals surface area (Å²) in [6.07, 6.45) is 3.79. The van der Waals surface area contributed by atoms with Crippen LogP contribution in [0, 0.1) is 0 Å². The van der Waals surface area contributed by atoms with Crippen LogP contribution in [0.4, 0.5) is 0 Å². The molecule has 0 spiro atoms. The minimum absolute atomic E-state index is 0.0893. The third-order valence-electron chi connectivity index (χ3n) is 2.76. The molecule has 5 nitrogen and oxygen atoms in total. The Labute approximate surface area is 117 Å². The third kappa shape index (κ3) is 3.18. The summed E-state index contributed by atoms with van der Waals surface area (Å²) in [5, 5.41) is 5.12. The average molecular weight is 280 g/mol. The van der Waals surface area contributed by atoms with Gasteiger partial charge in [-0.15, -0.1) is 0 Å². The maximum atomic E-state index is 5.36. The van der Waals surface area contributed by atoms with Crippen molar-refractivity contribution in [3.8, 4) is 0 Å². The second-order valence-corrected chi connectivity index (χ2v) is 6.77. The van der Waals surface area contributed by atoms with E-state index in [4.69, 9.17) is 4.52 Å². The van der Waals surface area contributed by atoms with Crippen molar-refractivity contribution in [2.75, 3.05) is 0 Å². The Kier molecular flexibility index (Phi) is 3.99. The molecule has 0 aliphatic carbocycles. The van der Waals surface area contributed by atoms with Crippen LogP contribution in [0.25, 0.3) is 0 Å². The van der Waals surface area contributed by atoms with Gasteiger partial charge in [-0.25, -0.2) is 4.98 Å². The van der Waals surface area contributed by atoms with Gasteiger partial charge in [0.2, 0.25) is 5.89 Å². The molecule has 0 amide bonds. The molecular formula is C13H20N4OS. The molecule has 0 radical (unpaired) electrons. The van der Waals surface area contributed by atoms with Crippen molar-refractivity contribution < 1.29 is 4.52 Å². The van der Waals surface area contributed by atoms with Gasteiger partial charge in [-0.2, -0.15) is 4.98 Å². The molecule has 1 unspecified atom stereocenters. The third-order valence-corrected chi connectivity index (χ3v) is 3.87. The fourth-order valence-corrected chi connectivity index (χ4v) is 2.53. The van der Waals surface area contributed by atoms with Crippen LogP contribution in [0.3, 0.4) is 0 Å². The summed E-state index contributed by atoms with van der Waals surface area (Å²) in [5.74, 6) is 1.40. The summed E-state index contributed by atoms with van der Waals surface area (Å²) in [6, 6.07) is 0. The largest absolute Gasteiger partial charge is 0.338 e. The van der Waals surface area contributed by atoms with Gasteiger partial charge in [0.25, 0.3) is 0 Å². The first-order chi connectivity index (χ1) is 8.91. The monoisotopic (exact) mass is 280 g/mol. The molecular weight excluding hydrogens is 260 g/mol. The molecule has 2 rings (SSSR count). The lowest BCUT2D eigenvalue weighted by Gasteiger charge is -2.11. The molecule has 2 heterocycles. The number of hydrogen-bond acceptors (Lipinski definition) is 5. The lowest BCUT2D eigenvalue weighted by Crippen LogP contribution is -2.13. The van der Waals surface area contributed by atoms with Crippen molar-refractivity contribution in [2.45, 2.75) is 57.0 Å². The van der Waals surface area contributed by atoms with Gasteiger partial charge in [-0.1, -0.05) is 37.7 Å². The average Bonchev–Trinajstić information content (AvgIpc) is 2.95. The Morgan fingerprint density at radius 1 is 1.42 bits per heavy atom. The molecule has 104 valence electrons. The second kappa shape index (κ2) is 5.36. The highest BCUT2D eigenvalue weighted by molar-refractivity contribution is 7.99. The number of imidazole rings is 1. The van der Waals surface area contributed by atoms with Gasteiger partial charge in [0.05, 0.1) is 5.25 Å². The van der Waals surface area contributed by atoms with Crippen LogP contribution in [0.2, 0.25) is 0 Å². The Bertz CT molecular complexity index is 541. The molecule has 0 aromatic carbocycles. The van der Waals surface area contributed by atoms with E-state index in [1.54, 1.807) is 11.8 Å². The predicted molar refractivity (Wildman–Crippen MR) is 75.2 cm³/mol. The molecule has 19 heavy (non-hydrogen) atoms. The molecule has 0 N–H and O–H groups in total. The van der Waals surface area contributed by atoms with Crippen LogP contribution in [-0.4, -0.2) is 19.7 Å². The summed E-state index contributed by atoms with van der Waals surface area (Å²) in [7, 11) is 0. The van der Waals surface area contributed by atoms with Crippen LogP contribution in [0.15, 0.2) is 22.1 Å². The van der Waals surface area contributed by atoms with Crippen molar-refractivity contribution in [1.29, 1.82) is 0 Å². The number of nitrogens with zero attached hydrogens (tertiary/aromatic N) is 4. The maximum absolute atomic E-state index is 5.36. The van der Waals surface area contributed by atoms with Crippen LogP contribution in [0.5, 0.6) is 0 Å². The maximum Gasteiger partial charge on any atom is 0.239 e. The molecule has 0 bridgehead atoms. The lowest BCUT2D eigenvalue weighted by atomic mass is 9.96. The number of aromatic nitrogens is 4. The first-order valence-corrected chi connectivity index (χ1v) is 7.31. The minimum atomic E-state index is -0.0893. The Balaban J connectivity index is 2.12. The van der Waals surface area contributed by atoms with Crippen LogP contribution in [0.1, 0.15) is 51.6 Å². The summed E-state index contributed by atoms with van der Waals surface area (Å²) in [5.41, 5.74) is -0.0893. The van der Waals surface area contributed by atoms with Crippen molar-refractivity contribution in [1.82, 2.24) is 19.7 Å². The Morgan fingerprint density at radius 2 is 2.16 bits per heavy atom. The minimum Gasteiger partial charge on any atom is -0.338 e. The molecule has 2 aromatic rings. The fraction of sp³-hybridized carbons (Fsp3) is 0.615. The molecule has 0 saturated carbocycles. The topological polar surface area (TPSA) is 56.7 Å². The van der Waals surface area contributed by atoms with E-state index < -0.39 is 0 Å². The zero-order valence-corrected chi connectivity index (χ0v) is 12.9. The summed E-state index contributed by atoms with van der Waals surface area (Å²) in [4.78, 5) is 8.83. The Morgan fingerprint density at radius 3 is 2.74 bits per heavy atom. The summed E-state index contributed by atoms with van der Waals surface area (Å²) in [6.45, 7) is 11.3. The van der Waals surface area contributed by atoms with E-state index in [2.05, 4.69) is 54.3 Å². The van der Waals surface area contributed by atoms with E-state index in [-0.39, 0.29) is 10.7 Å². The van der Waals surface area contributed by atoms with Gasteiger partial charge < -0.3 is 9.09 Å². The molecule has 2 aromatic heterocycles. The molecule has 0 saturated heterocycles. The van der Waals surface area contributed by atoms with E-state index in [1.807, 2.05) is 12.4 Å². The van der Waals surface area contributed by atoms with Crippen LogP contribution in [-0.2, 0) is 12.0 Å². The van der Waals surface area contributed by atoms with Crippen molar-refractivity contribution >= 4 is 11.8 Å². The zero-order valence-electron chi connectivity index (χ0n) is 12.0. The predicted octanol–water partition coefficient (Wildman–Crippen LogP) is 3.44. The van der Waals surface area contributed by atoms with Gasteiger partial charge in [0, 0.05) is 24.4 Å². The van der Waals surface area contributed by atoms with Crippen LogP contribution >= 0.6 is 11.8 Å².